The van der Waals surface area contributed by atoms with Crippen molar-refractivity contribution in [1.82, 2.24) is 0 Å². The summed E-state index contributed by atoms with van der Waals surface area (Å²) >= 11 is 1.71. The molecule has 1 aromatic heterocycles. The van der Waals surface area contributed by atoms with E-state index in [9.17, 15) is 5.11 Å². The molecule has 1 aromatic carbocycles. The lowest BCUT2D eigenvalue weighted by Crippen LogP contribution is -2.20. The van der Waals surface area contributed by atoms with Crippen LogP contribution in [0, 0.1) is 5.41 Å². The topological polar surface area (TPSA) is 20.2 Å². The average Bonchev–Trinajstić information content (AvgIpc) is 2.71. The Labute approximate surface area is 101 Å². The molecule has 1 atom stereocenters. The molecule has 0 radical (unpaired) electrons. The van der Waals surface area contributed by atoms with Gasteiger partial charge in [0.25, 0.3) is 0 Å². The summed E-state index contributed by atoms with van der Waals surface area (Å²) in [7, 11) is 0. The summed E-state index contributed by atoms with van der Waals surface area (Å²) in [5.41, 5.74) is 1.01. The van der Waals surface area contributed by atoms with E-state index in [0.29, 0.717) is 0 Å². The van der Waals surface area contributed by atoms with Crippen LogP contribution in [0.1, 0.15) is 38.9 Å². The minimum Gasteiger partial charge on any atom is -0.388 e. The lowest BCUT2D eigenvalue weighted by molar-refractivity contribution is 0.0480. The van der Waals surface area contributed by atoms with E-state index >= 15 is 0 Å². The maximum Gasteiger partial charge on any atom is 0.0854 e. The predicted octanol–water partition coefficient (Wildman–Crippen LogP) is 4.37. The molecule has 86 valence electrons. The highest BCUT2D eigenvalue weighted by molar-refractivity contribution is 7.17. The number of hydrogen-bond donors (Lipinski definition) is 1. The monoisotopic (exact) mass is 234 g/mol. The highest BCUT2D eigenvalue weighted by Gasteiger charge is 2.28. The molecule has 1 N–H and O–H groups in total. The minimum atomic E-state index is -0.381. The lowest BCUT2D eigenvalue weighted by Gasteiger charge is -2.29. The number of aliphatic hydroxyl groups excluding tert-OH is 1. The van der Waals surface area contributed by atoms with Crippen molar-refractivity contribution in [3.63, 3.8) is 0 Å². The highest BCUT2D eigenvalue weighted by atomic mass is 32.1. The Morgan fingerprint density at radius 2 is 2.00 bits per heavy atom. The summed E-state index contributed by atoms with van der Waals surface area (Å²) in [6.45, 7) is 6.35. The van der Waals surface area contributed by atoms with Gasteiger partial charge in [0.2, 0.25) is 0 Å². The quantitative estimate of drug-likeness (QED) is 0.836. The van der Waals surface area contributed by atoms with Gasteiger partial charge in [0, 0.05) is 4.70 Å². The van der Waals surface area contributed by atoms with Gasteiger partial charge in [-0.25, -0.2) is 0 Å². The minimum absolute atomic E-state index is 0.0656. The molecule has 0 bridgehead atoms. The Balaban J connectivity index is 2.48. The molecule has 0 aliphatic heterocycles. The molecule has 1 heterocycles. The molecule has 2 heteroatoms. The van der Waals surface area contributed by atoms with Crippen molar-refractivity contribution in [2.75, 3.05) is 0 Å². The molecule has 0 saturated heterocycles. The zero-order valence-corrected chi connectivity index (χ0v) is 10.8. The molecule has 2 rings (SSSR count). The molecule has 0 amide bonds. The van der Waals surface area contributed by atoms with Crippen molar-refractivity contribution in [1.29, 1.82) is 0 Å². The van der Waals surface area contributed by atoms with Gasteiger partial charge in [0.05, 0.1) is 6.10 Å². The van der Waals surface area contributed by atoms with E-state index in [1.165, 1.54) is 10.1 Å². The lowest BCUT2D eigenvalue weighted by atomic mass is 9.80. The fourth-order valence-corrected chi connectivity index (χ4v) is 2.80. The van der Waals surface area contributed by atoms with Gasteiger partial charge in [-0.2, -0.15) is 0 Å². The van der Waals surface area contributed by atoms with Crippen LogP contribution in [-0.4, -0.2) is 5.11 Å². The van der Waals surface area contributed by atoms with Crippen molar-refractivity contribution in [3.8, 4) is 0 Å². The molecule has 1 nitrogen and oxygen atoms in total. The highest BCUT2D eigenvalue weighted by Crippen LogP contribution is 2.40. The van der Waals surface area contributed by atoms with Crippen LogP contribution in [0.25, 0.3) is 10.1 Å². The predicted molar refractivity (Wildman–Crippen MR) is 70.9 cm³/mol. The molecular weight excluding hydrogens is 216 g/mol. The van der Waals surface area contributed by atoms with E-state index in [-0.39, 0.29) is 11.5 Å². The molecule has 0 saturated carbocycles. The Bertz CT molecular complexity index is 484. The van der Waals surface area contributed by atoms with Gasteiger partial charge in [0.1, 0.15) is 0 Å². The molecule has 0 fully saturated rings. The Kier molecular flexibility index (Phi) is 3.04. The second-order valence-electron chi connectivity index (χ2n) is 4.93. The first-order chi connectivity index (χ1) is 7.56. The normalized spacial score (nSPS) is 14.2. The summed E-state index contributed by atoms with van der Waals surface area (Å²) in [6.07, 6.45) is 0.590. The fourth-order valence-electron chi connectivity index (χ4n) is 1.82. The van der Waals surface area contributed by atoms with Crippen LogP contribution in [0.3, 0.4) is 0 Å². The van der Waals surface area contributed by atoms with E-state index in [4.69, 9.17) is 0 Å². The van der Waals surface area contributed by atoms with E-state index in [1.54, 1.807) is 11.3 Å². The first-order valence-corrected chi connectivity index (χ1v) is 6.58. The number of aliphatic hydroxyl groups is 1. The molecular formula is C14H18OS. The van der Waals surface area contributed by atoms with E-state index in [2.05, 4.69) is 38.3 Å². The van der Waals surface area contributed by atoms with Crippen LogP contribution >= 0.6 is 11.3 Å². The van der Waals surface area contributed by atoms with Crippen molar-refractivity contribution >= 4 is 21.4 Å². The van der Waals surface area contributed by atoms with Crippen LogP contribution in [0.4, 0.5) is 0 Å². The number of thiophene rings is 1. The molecule has 0 aliphatic rings. The zero-order valence-electron chi connectivity index (χ0n) is 10.0. The summed E-state index contributed by atoms with van der Waals surface area (Å²) in [6, 6.07) is 8.27. The molecule has 16 heavy (non-hydrogen) atoms. The fraction of sp³-hybridized carbons (Fsp3) is 0.429. The van der Waals surface area contributed by atoms with Gasteiger partial charge >= 0.3 is 0 Å². The van der Waals surface area contributed by atoms with Crippen LogP contribution in [0.2, 0.25) is 0 Å². The summed E-state index contributed by atoms with van der Waals surface area (Å²) in [5, 5.41) is 13.7. The Hall–Kier alpha value is -0.860. The summed E-state index contributed by atoms with van der Waals surface area (Å²) in [4.78, 5) is 0. The number of rotatable bonds is 3. The van der Waals surface area contributed by atoms with Gasteiger partial charge in [0.15, 0.2) is 0 Å². The van der Waals surface area contributed by atoms with Crippen LogP contribution < -0.4 is 0 Å². The largest absolute Gasteiger partial charge is 0.388 e. The van der Waals surface area contributed by atoms with Gasteiger partial charge in [-0.05, 0) is 34.2 Å². The van der Waals surface area contributed by atoms with Gasteiger partial charge < -0.3 is 5.11 Å². The third-order valence-corrected chi connectivity index (χ3v) is 4.44. The average molecular weight is 234 g/mol. The number of hydrogen-bond acceptors (Lipinski definition) is 2. The van der Waals surface area contributed by atoms with Crippen LogP contribution in [0.5, 0.6) is 0 Å². The van der Waals surface area contributed by atoms with E-state index < -0.39 is 0 Å². The summed E-state index contributed by atoms with van der Waals surface area (Å²) in [5.74, 6) is 0. The first-order valence-electron chi connectivity index (χ1n) is 5.70. The smallest absolute Gasteiger partial charge is 0.0854 e. The molecule has 2 aromatic rings. The van der Waals surface area contributed by atoms with Gasteiger partial charge in [-0.3, -0.25) is 0 Å². The number of benzene rings is 1. The van der Waals surface area contributed by atoms with Crippen LogP contribution in [0.15, 0.2) is 29.6 Å². The number of fused-ring (bicyclic) bond motifs is 1. The zero-order chi connectivity index (χ0) is 11.8. The van der Waals surface area contributed by atoms with Crippen molar-refractivity contribution in [3.05, 3.63) is 35.2 Å². The van der Waals surface area contributed by atoms with Crippen molar-refractivity contribution < 1.29 is 5.11 Å². The van der Waals surface area contributed by atoms with E-state index in [0.717, 1.165) is 12.0 Å². The van der Waals surface area contributed by atoms with Gasteiger partial charge in [-0.1, -0.05) is 39.0 Å². The Morgan fingerprint density at radius 1 is 1.31 bits per heavy atom. The SMILES string of the molecule is CCC(C)(C)C(O)c1csc2ccccc12. The van der Waals surface area contributed by atoms with Crippen molar-refractivity contribution in [2.45, 2.75) is 33.3 Å². The molecule has 0 spiro atoms. The third kappa shape index (κ3) is 1.87. The van der Waals surface area contributed by atoms with Crippen molar-refractivity contribution in [2.24, 2.45) is 5.41 Å². The molecule has 0 aliphatic carbocycles. The van der Waals surface area contributed by atoms with Gasteiger partial charge in [-0.15, -0.1) is 11.3 Å². The maximum absolute atomic E-state index is 10.4. The Morgan fingerprint density at radius 3 is 2.69 bits per heavy atom. The second kappa shape index (κ2) is 4.19. The summed E-state index contributed by atoms with van der Waals surface area (Å²) < 4.78 is 1.25. The second-order valence-corrected chi connectivity index (χ2v) is 5.84. The third-order valence-electron chi connectivity index (χ3n) is 3.46. The molecule has 1 unspecified atom stereocenters. The standard InChI is InChI=1S/C14H18OS/c1-4-14(2,3)13(15)11-9-16-12-8-6-5-7-10(11)12/h5-9,13,15H,4H2,1-3H3. The maximum atomic E-state index is 10.4. The van der Waals surface area contributed by atoms with E-state index in [1.807, 2.05) is 12.1 Å². The van der Waals surface area contributed by atoms with Crippen LogP contribution in [-0.2, 0) is 0 Å². The first kappa shape index (κ1) is 11.6.